The second-order valence-electron chi connectivity index (χ2n) is 7.73. The van der Waals surface area contributed by atoms with Crippen LogP contribution in [0.3, 0.4) is 0 Å². The number of ether oxygens (including phenoxy) is 2. The Bertz CT molecular complexity index is 1490. The molecule has 1 atom stereocenters. The van der Waals surface area contributed by atoms with Gasteiger partial charge >= 0.3 is 0 Å². The Hall–Kier alpha value is -3.78. The molecule has 0 saturated heterocycles. The van der Waals surface area contributed by atoms with Gasteiger partial charge in [0.2, 0.25) is 5.76 Å². The molecule has 1 amide bonds. The highest BCUT2D eigenvalue weighted by Crippen LogP contribution is 2.46. The molecule has 0 radical (unpaired) electrons. The second kappa shape index (κ2) is 7.67. The fourth-order valence-corrected chi connectivity index (χ4v) is 4.38. The average Bonchev–Trinajstić information content (AvgIpc) is 3.35. The Labute approximate surface area is 193 Å². The lowest BCUT2D eigenvalue weighted by Gasteiger charge is -2.24. The number of hydrogen-bond acceptors (Lipinski definition) is 7. The lowest BCUT2D eigenvalue weighted by Crippen LogP contribution is -2.30. The van der Waals surface area contributed by atoms with Gasteiger partial charge in [-0.3, -0.25) is 14.5 Å². The third-order valence-corrected chi connectivity index (χ3v) is 6.15. The quantitative estimate of drug-likeness (QED) is 0.425. The normalized spacial score (nSPS) is 15.2. The topological polar surface area (TPSA) is 95.0 Å². The SMILES string of the molecule is COc1cccc(C2c3c(oc4cc(C)c(Cl)cc4c3=O)C(=O)N2c2cc(C)on2)c1OC. The van der Waals surface area contributed by atoms with E-state index in [9.17, 15) is 9.59 Å². The minimum absolute atomic E-state index is 0.0650. The van der Waals surface area contributed by atoms with E-state index < -0.39 is 11.9 Å². The van der Waals surface area contributed by atoms with Crippen molar-refractivity contribution in [2.24, 2.45) is 0 Å². The largest absolute Gasteiger partial charge is 0.493 e. The van der Waals surface area contributed by atoms with Crippen LogP contribution in [0.15, 0.2) is 50.1 Å². The highest BCUT2D eigenvalue weighted by Gasteiger charge is 2.46. The van der Waals surface area contributed by atoms with Crippen LogP contribution >= 0.6 is 11.6 Å². The van der Waals surface area contributed by atoms with Crippen molar-refractivity contribution in [1.82, 2.24) is 5.16 Å². The Morgan fingerprint density at radius 2 is 1.88 bits per heavy atom. The van der Waals surface area contributed by atoms with Crippen LogP contribution in [0.25, 0.3) is 11.0 Å². The molecule has 3 heterocycles. The van der Waals surface area contributed by atoms with Gasteiger partial charge in [-0.25, -0.2) is 0 Å². The van der Waals surface area contributed by atoms with Gasteiger partial charge in [0, 0.05) is 16.7 Å². The molecular formula is C24H19ClN2O6. The molecule has 1 unspecified atom stereocenters. The molecule has 168 valence electrons. The summed E-state index contributed by atoms with van der Waals surface area (Å²) in [5, 5.41) is 4.73. The van der Waals surface area contributed by atoms with E-state index >= 15 is 0 Å². The summed E-state index contributed by atoms with van der Waals surface area (Å²) in [7, 11) is 3.01. The molecule has 0 aliphatic carbocycles. The van der Waals surface area contributed by atoms with Crippen LogP contribution in [0, 0.1) is 13.8 Å². The van der Waals surface area contributed by atoms with Gasteiger partial charge in [0.15, 0.2) is 22.7 Å². The van der Waals surface area contributed by atoms with Crippen LogP contribution < -0.4 is 19.8 Å². The van der Waals surface area contributed by atoms with E-state index in [1.807, 2.05) is 0 Å². The number of carbonyl (C=O) groups excluding carboxylic acids is 1. The minimum Gasteiger partial charge on any atom is -0.493 e. The molecule has 2 aromatic carbocycles. The van der Waals surface area contributed by atoms with E-state index in [4.69, 9.17) is 30.0 Å². The predicted molar refractivity (Wildman–Crippen MR) is 122 cm³/mol. The fourth-order valence-electron chi connectivity index (χ4n) is 4.22. The first-order valence-corrected chi connectivity index (χ1v) is 10.5. The van der Waals surface area contributed by atoms with Gasteiger partial charge in [-0.15, -0.1) is 0 Å². The highest BCUT2D eigenvalue weighted by molar-refractivity contribution is 6.32. The molecule has 8 nitrogen and oxygen atoms in total. The highest BCUT2D eigenvalue weighted by atomic mass is 35.5. The first-order chi connectivity index (χ1) is 15.8. The first kappa shape index (κ1) is 21.1. The maximum atomic E-state index is 13.7. The molecule has 0 saturated carbocycles. The summed E-state index contributed by atoms with van der Waals surface area (Å²) in [6.07, 6.45) is 0. The summed E-state index contributed by atoms with van der Waals surface area (Å²) in [4.78, 5) is 28.7. The number of benzene rings is 2. The molecule has 5 rings (SSSR count). The van der Waals surface area contributed by atoms with Crippen LogP contribution in [0.1, 0.15) is 39.0 Å². The monoisotopic (exact) mass is 466 g/mol. The van der Waals surface area contributed by atoms with Crippen molar-refractivity contribution < 1.29 is 23.2 Å². The van der Waals surface area contributed by atoms with Gasteiger partial charge < -0.3 is 18.4 Å². The average molecular weight is 467 g/mol. The number of carbonyl (C=O) groups is 1. The van der Waals surface area contributed by atoms with Crippen LogP contribution in [0.5, 0.6) is 11.5 Å². The summed E-state index contributed by atoms with van der Waals surface area (Å²) < 4.78 is 22.3. The van der Waals surface area contributed by atoms with Crippen molar-refractivity contribution >= 4 is 34.3 Å². The summed E-state index contributed by atoms with van der Waals surface area (Å²) in [5.41, 5.74) is 1.35. The zero-order valence-corrected chi connectivity index (χ0v) is 19.0. The summed E-state index contributed by atoms with van der Waals surface area (Å²) in [6, 6.07) is 9.20. The predicted octanol–water partition coefficient (Wildman–Crippen LogP) is 4.82. The van der Waals surface area contributed by atoms with Crippen molar-refractivity contribution in [3.8, 4) is 11.5 Å². The van der Waals surface area contributed by atoms with Crippen LogP contribution in [0.4, 0.5) is 5.82 Å². The number of aryl methyl sites for hydroxylation is 2. The lowest BCUT2D eigenvalue weighted by molar-refractivity contribution is 0.0969. The first-order valence-electron chi connectivity index (χ1n) is 10.1. The number of aromatic nitrogens is 1. The molecule has 0 bridgehead atoms. The molecule has 33 heavy (non-hydrogen) atoms. The molecule has 0 N–H and O–H groups in total. The molecule has 1 aliphatic rings. The van der Waals surface area contributed by atoms with E-state index in [2.05, 4.69) is 5.16 Å². The van der Waals surface area contributed by atoms with Crippen molar-refractivity contribution in [3.63, 3.8) is 0 Å². The third kappa shape index (κ3) is 3.09. The van der Waals surface area contributed by atoms with Gasteiger partial charge in [-0.05, 0) is 37.6 Å². The number of fused-ring (bicyclic) bond motifs is 2. The standard InChI is InChI=1S/C24H19ClN2O6/c1-11-8-17-14(10-15(11)25)21(28)19-20(13-6-5-7-16(30-3)22(13)31-4)27(24(29)23(19)32-17)18-9-12(2)33-26-18/h5-10,20H,1-4H3. The molecule has 2 aromatic heterocycles. The van der Waals surface area contributed by atoms with Gasteiger partial charge in [-0.2, -0.15) is 0 Å². The lowest BCUT2D eigenvalue weighted by atomic mass is 9.97. The van der Waals surface area contributed by atoms with E-state index in [0.29, 0.717) is 27.8 Å². The summed E-state index contributed by atoms with van der Waals surface area (Å²) >= 11 is 6.29. The molecular weight excluding hydrogens is 448 g/mol. The maximum Gasteiger partial charge on any atom is 0.296 e. The number of hydrogen-bond donors (Lipinski definition) is 0. The van der Waals surface area contributed by atoms with Crippen molar-refractivity contribution in [2.75, 3.05) is 19.1 Å². The number of anilines is 1. The molecule has 9 heteroatoms. The van der Waals surface area contributed by atoms with E-state index in [1.54, 1.807) is 50.2 Å². The maximum absolute atomic E-state index is 13.7. The Kier molecular flexibility index (Phi) is 4.90. The summed E-state index contributed by atoms with van der Waals surface area (Å²) in [6.45, 7) is 3.51. The number of methoxy groups -OCH3 is 2. The van der Waals surface area contributed by atoms with Crippen molar-refractivity contribution in [3.05, 3.63) is 79.9 Å². The smallest absolute Gasteiger partial charge is 0.296 e. The number of amides is 1. The van der Waals surface area contributed by atoms with Crippen LogP contribution in [-0.4, -0.2) is 25.3 Å². The number of halogens is 1. The van der Waals surface area contributed by atoms with Gasteiger partial charge in [0.1, 0.15) is 17.4 Å². The Morgan fingerprint density at radius 3 is 2.55 bits per heavy atom. The number of nitrogens with zero attached hydrogens (tertiary/aromatic N) is 2. The zero-order chi connectivity index (χ0) is 23.4. The molecule has 0 fully saturated rings. The molecule has 1 aliphatic heterocycles. The van der Waals surface area contributed by atoms with Crippen LogP contribution in [-0.2, 0) is 0 Å². The van der Waals surface area contributed by atoms with Crippen molar-refractivity contribution in [2.45, 2.75) is 19.9 Å². The summed E-state index contributed by atoms with van der Waals surface area (Å²) in [5.74, 6) is 1.02. The Morgan fingerprint density at radius 1 is 1.09 bits per heavy atom. The van der Waals surface area contributed by atoms with Crippen molar-refractivity contribution in [1.29, 1.82) is 0 Å². The van der Waals surface area contributed by atoms with Crippen LogP contribution in [0.2, 0.25) is 5.02 Å². The minimum atomic E-state index is -0.886. The van der Waals surface area contributed by atoms with E-state index in [-0.39, 0.29) is 33.5 Å². The zero-order valence-electron chi connectivity index (χ0n) is 18.3. The molecule has 4 aromatic rings. The second-order valence-corrected chi connectivity index (χ2v) is 8.13. The van der Waals surface area contributed by atoms with Gasteiger partial charge in [0.25, 0.3) is 5.91 Å². The number of rotatable bonds is 4. The van der Waals surface area contributed by atoms with Gasteiger partial charge in [0.05, 0.1) is 25.2 Å². The fraction of sp³-hybridized carbons (Fsp3) is 0.208. The number of para-hydroxylation sites is 1. The Balaban J connectivity index is 1.87. The van der Waals surface area contributed by atoms with Gasteiger partial charge in [-0.1, -0.05) is 28.9 Å². The molecule has 0 spiro atoms. The third-order valence-electron chi connectivity index (χ3n) is 5.74. The van der Waals surface area contributed by atoms with E-state index in [1.165, 1.54) is 19.1 Å². The van der Waals surface area contributed by atoms with E-state index in [0.717, 1.165) is 5.56 Å².